The van der Waals surface area contributed by atoms with E-state index in [1.165, 1.54) is 19.3 Å². The Morgan fingerprint density at radius 1 is 1.15 bits per heavy atom. The van der Waals surface area contributed by atoms with E-state index in [2.05, 4.69) is 39.5 Å². The van der Waals surface area contributed by atoms with Gasteiger partial charge in [0.05, 0.1) is 5.92 Å². The van der Waals surface area contributed by atoms with E-state index in [1.54, 1.807) is 0 Å². The minimum absolute atomic E-state index is 0.133. The zero-order valence-corrected chi connectivity index (χ0v) is 13.8. The number of carbonyl (C=O) groups is 1. The molecule has 1 aliphatic carbocycles. The van der Waals surface area contributed by atoms with Gasteiger partial charge in [-0.3, -0.25) is 9.69 Å². The van der Waals surface area contributed by atoms with E-state index in [0.29, 0.717) is 22.9 Å². The van der Waals surface area contributed by atoms with Gasteiger partial charge in [-0.05, 0) is 56.4 Å². The predicted molar refractivity (Wildman–Crippen MR) is 81.7 cm³/mol. The summed E-state index contributed by atoms with van der Waals surface area (Å²) in [5.74, 6) is -0.744. The Labute approximate surface area is 123 Å². The molecule has 1 heterocycles. The molecule has 2 rings (SSSR count). The molecule has 0 aromatic heterocycles. The Kier molecular flexibility index (Phi) is 4.21. The minimum Gasteiger partial charge on any atom is -0.481 e. The number of piperidine rings is 1. The van der Waals surface area contributed by atoms with Crippen molar-refractivity contribution in [1.82, 2.24) is 4.90 Å². The maximum Gasteiger partial charge on any atom is 0.306 e. The maximum absolute atomic E-state index is 11.2. The van der Waals surface area contributed by atoms with Crippen molar-refractivity contribution in [2.24, 2.45) is 16.7 Å². The van der Waals surface area contributed by atoms with Gasteiger partial charge < -0.3 is 5.11 Å². The van der Waals surface area contributed by atoms with Gasteiger partial charge in [0.2, 0.25) is 0 Å². The molecule has 20 heavy (non-hydrogen) atoms. The van der Waals surface area contributed by atoms with Gasteiger partial charge in [-0.15, -0.1) is 0 Å². The number of likely N-dealkylation sites (tertiary alicyclic amines) is 1. The molecule has 0 aromatic carbocycles. The number of hydrogen-bond donors (Lipinski definition) is 1. The molecule has 0 bridgehead atoms. The molecular formula is C17H31NO2. The smallest absolute Gasteiger partial charge is 0.306 e. The lowest BCUT2D eigenvalue weighted by molar-refractivity contribution is -0.144. The van der Waals surface area contributed by atoms with Crippen LogP contribution in [0.25, 0.3) is 0 Å². The first kappa shape index (κ1) is 15.8. The highest BCUT2D eigenvalue weighted by atomic mass is 16.4. The highest BCUT2D eigenvalue weighted by Crippen LogP contribution is 2.48. The molecule has 0 spiro atoms. The quantitative estimate of drug-likeness (QED) is 0.837. The summed E-state index contributed by atoms with van der Waals surface area (Å²) in [6.07, 6.45) is 5.41. The molecule has 2 aliphatic rings. The first-order chi connectivity index (χ1) is 9.10. The van der Waals surface area contributed by atoms with Gasteiger partial charge in [-0.2, -0.15) is 0 Å². The number of nitrogens with zero attached hydrogens (tertiary/aromatic N) is 1. The lowest BCUT2D eigenvalue weighted by Crippen LogP contribution is -2.53. The number of carboxylic acids is 1. The van der Waals surface area contributed by atoms with E-state index in [1.807, 2.05) is 0 Å². The van der Waals surface area contributed by atoms with Gasteiger partial charge in [-0.1, -0.05) is 27.7 Å². The molecule has 3 nitrogen and oxygen atoms in total. The normalized spacial score (nSPS) is 34.9. The van der Waals surface area contributed by atoms with Crippen molar-refractivity contribution in [3.05, 3.63) is 0 Å². The van der Waals surface area contributed by atoms with E-state index in [-0.39, 0.29) is 5.92 Å². The Bertz CT molecular complexity index is 359. The monoisotopic (exact) mass is 281 g/mol. The average Bonchev–Trinajstić information content (AvgIpc) is 2.24. The van der Waals surface area contributed by atoms with Gasteiger partial charge in [0.1, 0.15) is 0 Å². The fraction of sp³-hybridized carbons (Fsp3) is 0.941. The largest absolute Gasteiger partial charge is 0.481 e. The minimum atomic E-state index is -0.610. The third kappa shape index (κ3) is 3.55. The second-order valence-electron chi connectivity index (χ2n) is 8.71. The Hall–Kier alpha value is -0.570. The van der Waals surface area contributed by atoms with Gasteiger partial charge in [0, 0.05) is 12.1 Å². The van der Waals surface area contributed by atoms with Gasteiger partial charge in [0.25, 0.3) is 0 Å². The molecule has 0 radical (unpaired) electrons. The SMILES string of the molecule is CC1CC(C(=O)O)CCN1C1CC(C)(C)CC(C)(C)C1. The number of hydrogen-bond acceptors (Lipinski definition) is 2. The Morgan fingerprint density at radius 2 is 1.70 bits per heavy atom. The van der Waals surface area contributed by atoms with Crippen LogP contribution in [0.4, 0.5) is 0 Å². The van der Waals surface area contributed by atoms with E-state index >= 15 is 0 Å². The zero-order chi connectivity index (χ0) is 15.1. The second kappa shape index (κ2) is 5.32. The van der Waals surface area contributed by atoms with Crippen LogP contribution in [0.15, 0.2) is 0 Å². The fourth-order valence-corrected chi connectivity index (χ4v) is 4.98. The number of carboxylic acid groups (broad SMARTS) is 1. The standard InChI is InChI=1S/C17H31NO2/c1-12-8-13(15(19)20)6-7-18(12)14-9-16(2,3)11-17(4,5)10-14/h12-14H,6-11H2,1-5H3,(H,19,20). The third-order valence-corrected chi connectivity index (χ3v) is 5.28. The van der Waals surface area contributed by atoms with Gasteiger partial charge >= 0.3 is 5.97 Å². The molecule has 1 saturated carbocycles. The van der Waals surface area contributed by atoms with Crippen LogP contribution < -0.4 is 0 Å². The molecule has 0 amide bonds. The summed E-state index contributed by atoms with van der Waals surface area (Å²) >= 11 is 0. The first-order valence-electron chi connectivity index (χ1n) is 8.08. The number of aliphatic carboxylic acids is 1. The summed E-state index contributed by atoms with van der Waals surface area (Å²) in [6, 6.07) is 1.03. The Morgan fingerprint density at radius 3 is 2.15 bits per heavy atom. The summed E-state index contributed by atoms with van der Waals surface area (Å²) < 4.78 is 0. The molecule has 1 N–H and O–H groups in total. The van der Waals surface area contributed by atoms with Crippen molar-refractivity contribution >= 4 is 5.97 Å². The first-order valence-corrected chi connectivity index (χ1v) is 8.08. The predicted octanol–water partition coefficient (Wildman–Crippen LogP) is 3.78. The highest BCUT2D eigenvalue weighted by Gasteiger charge is 2.43. The molecule has 2 atom stereocenters. The van der Waals surface area contributed by atoms with Gasteiger partial charge in [-0.25, -0.2) is 0 Å². The third-order valence-electron chi connectivity index (χ3n) is 5.28. The van der Waals surface area contributed by atoms with Gasteiger partial charge in [0.15, 0.2) is 0 Å². The maximum atomic E-state index is 11.2. The van der Waals surface area contributed by atoms with Crippen LogP contribution in [0.3, 0.4) is 0 Å². The highest BCUT2D eigenvalue weighted by molar-refractivity contribution is 5.70. The zero-order valence-electron chi connectivity index (χ0n) is 13.8. The topological polar surface area (TPSA) is 40.5 Å². The summed E-state index contributed by atoms with van der Waals surface area (Å²) in [7, 11) is 0. The molecule has 2 unspecified atom stereocenters. The molecule has 3 heteroatoms. The van der Waals surface area contributed by atoms with Crippen LogP contribution in [-0.4, -0.2) is 34.6 Å². The lowest BCUT2D eigenvalue weighted by atomic mass is 9.63. The lowest BCUT2D eigenvalue weighted by Gasteiger charge is -2.51. The molecule has 1 saturated heterocycles. The van der Waals surface area contributed by atoms with Crippen molar-refractivity contribution in [3.63, 3.8) is 0 Å². The van der Waals surface area contributed by atoms with E-state index < -0.39 is 5.97 Å². The van der Waals surface area contributed by atoms with Crippen molar-refractivity contribution in [3.8, 4) is 0 Å². The van der Waals surface area contributed by atoms with E-state index in [4.69, 9.17) is 0 Å². The fourth-order valence-electron chi connectivity index (χ4n) is 4.98. The summed E-state index contributed by atoms with van der Waals surface area (Å²) in [5, 5.41) is 9.20. The van der Waals surface area contributed by atoms with Crippen LogP contribution in [0.2, 0.25) is 0 Å². The van der Waals surface area contributed by atoms with Crippen molar-refractivity contribution in [2.75, 3.05) is 6.54 Å². The van der Waals surface area contributed by atoms with Crippen LogP contribution in [0.5, 0.6) is 0 Å². The average molecular weight is 281 g/mol. The van der Waals surface area contributed by atoms with Crippen LogP contribution in [-0.2, 0) is 4.79 Å². The van der Waals surface area contributed by atoms with E-state index in [9.17, 15) is 9.90 Å². The molecule has 1 aliphatic heterocycles. The van der Waals surface area contributed by atoms with Crippen LogP contribution >= 0.6 is 0 Å². The van der Waals surface area contributed by atoms with Crippen molar-refractivity contribution < 1.29 is 9.90 Å². The van der Waals surface area contributed by atoms with Crippen molar-refractivity contribution in [1.29, 1.82) is 0 Å². The summed E-state index contributed by atoms with van der Waals surface area (Å²) in [6.45, 7) is 12.7. The molecule has 2 fully saturated rings. The second-order valence-corrected chi connectivity index (χ2v) is 8.71. The molecule has 116 valence electrons. The van der Waals surface area contributed by atoms with Crippen LogP contribution in [0.1, 0.15) is 66.7 Å². The summed E-state index contributed by atoms with van der Waals surface area (Å²) in [5.41, 5.74) is 0.797. The van der Waals surface area contributed by atoms with Crippen molar-refractivity contribution in [2.45, 2.75) is 78.8 Å². The van der Waals surface area contributed by atoms with Crippen LogP contribution in [0, 0.1) is 16.7 Å². The Balaban J connectivity index is 2.06. The molecular weight excluding hydrogens is 250 g/mol. The summed E-state index contributed by atoms with van der Waals surface area (Å²) in [4.78, 5) is 13.8. The van der Waals surface area contributed by atoms with E-state index in [0.717, 1.165) is 19.4 Å². The number of rotatable bonds is 2. The molecule has 0 aromatic rings.